The molecular weight excluding hydrogens is 347 g/mol. The Morgan fingerprint density at radius 2 is 1.50 bits per heavy atom. The lowest BCUT2D eigenvalue weighted by Crippen LogP contribution is -2.06. The standard InChI is InChI=1S/C19H12F3NO3/c20-19(21,22)14-10-11-18(16(12-14)23(24)25)26-17-9-5-4-8-15(17)13-6-2-1-3-7-13/h1-12H. The SMILES string of the molecule is O=[N+]([O-])c1cc(C(F)(F)F)ccc1Oc1ccccc1-c1ccccc1. The van der Waals surface area contributed by atoms with E-state index >= 15 is 0 Å². The maximum Gasteiger partial charge on any atom is 0.416 e. The highest BCUT2D eigenvalue weighted by Gasteiger charge is 2.33. The third kappa shape index (κ3) is 3.66. The molecule has 0 aliphatic rings. The van der Waals surface area contributed by atoms with Crippen LogP contribution in [0.3, 0.4) is 0 Å². The molecule has 0 saturated carbocycles. The van der Waals surface area contributed by atoms with Crippen molar-refractivity contribution in [3.05, 3.63) is 88.5 Å². The fourth-order valence-corrected chi connectivity index (χ4v) is 2.45. The monoisotopic (exact) mass is 359 g/mol. The minimum Gasteiger partial charge on any atom is -0.449 e. The number of alkyl halides is 3. The molecule has 0 unspecified atom stereocenters. The number of nitro benzene ring substituents is 1. The average molecular weight is 359 g/mol. The summed E-state index contributed by atoms with van der Waals surface area (Å²) in [6.45, 7) is 0. The zero-order valence-corrected chi connectivity index (χ0v) is 13.2. The van der Waals surface area contributed by atoms with Crippen molar-refractivity contribution in [1.29, 1.82) is 0 Å². The van der Waals surface area contributed by atoms with Gasteiger partial charge in [0.15, 0.2) is 0 Å². The second-order valence-corrected chi connectivity index (χ2v) is 5.40. The molecule has 0 aromatic heterocycles. The summed E-state index contributed by atoms with van der Waals surface area (Å²) in [5.74, 6) is 0.0490. The molecule has 0 atom stereocenters. The molecule has 26 heavy (non-hydrogen) atoms. The van der Waals surface area contributed by atoms with Crippen LogP contribution >= 0.6 is 0 Å². The fraction of sp³-hybridized carbons (Fsp3) is 0.0526. The van der Waals surface area contributed by atoms with Crippen LogP contribution in [-0.4, -0.2) is 4.92 Å². The van der Waals surface area contributed by atoms with Crippen LogP contribution in [-0.2, 0) is 6.18 Å². The largest absolute Gasteiger partial charge is 0.449 e. The van der Waals surface area contributed by atoms with Gasteiger partial charge in [-0.05, 0) is 23.8 Å². The summed E-state index contributed by atoms with van der Waals surface area (Å²) in [6, 6.07) is 18.2. The number of nitro groups is 1. The van der Waals surface area contributed by atoms with E-state index < -0.39 is 22.4 Å². The molecule has 0 aliphatic carbocycles. The van der Waals surface area contributed by atoms with Gasteiger partial charge in [-0.15, -0.1) is 0 Å². The quantitative estimate of drug-likeness (QED) is 0.419. The number of hydrogen-bond donors (Lipinski definition) is 0. The van der Waals surface area contributed by atoms with E-state index in [-0.39, 0.29) is 5.75 Å². The molecule has 132 valence electrons. The van der Waals surface area contributed by atoms with E-state index in [1.54, 1.807) is 24.3 Å². The Kier molecular flexibility index (Phi) is 4.62. The second kappa shape index (κ2) is 6.87. The highest BCUT2D eigenvalue weighted by Crippen LogP contribution is 2.40. The molecule has 0 fully saturated rings. The van der Waals surface area contributed by atoms with Gasteiger partial charge in [0, 0.05) is 11.6 Å². The Labute approximate surface area is 146 Å². The molecule has 3 aromatic carbocycles. The Morgan fingerprint density at radius 3 is 2.15 bits per heavy atom. The summed E-state index contributed by atoms with van der Waals surface area (Å²) in [5, 5.41) is 11.2. The van der Waals surface area contributed by atoms with Crippen LogP contribution in [0.5, 0.6) is 11.5 Å². The molecule has 0 spiro atoms. The van der Waals surface area contributed by atoms with Crippen LogP contribution in [0.2, 0.25) is 0 Å². The molecular formula is C19H12F3NO3. The van der Waals surface area contributed by atoms with Crippen LogP contribution in [0.1, 0.15) is 5.56 Å². The van der Waals surface area contributed by atoms with Gasteiger partial charge < -0.3 is 4.74 Å². The van der Waals surface area contributed by atoms with E-state index in [9.17, 15) is 23.3 Å². The Balaban J connectivity index is 2.04. The summed E-state index contributed by atoms with van der Waals surface area (Å²) in [5.41, 5.74) is -0.365. The van der Waals surface area contributed by atoms with Crippen molar-refractivity contribution in [1.82, 2.24) is 0 Å². The van der Waals surface area contributed by atoms with Gasteiger partial charge >= 0.3 is 11.9 Å². The molecule has 0 radical (unpaired) electrons. The minimum atomic E-state index is -4.68. The van der Waals surface area contributed by atoms with Gasteiger partial charge in [-0.2, -0.15) is 13.2 Å². The molecule has 3 rings (SSSR count). The normalized spacial score (nSPS) is 11.2. The molecule has 0 N–H and O–H groups in total. The van der Waals surface area contributed by atoms with Crippen LogP contribution in [0.15, 0.2) is 72.8 Å². The number of halogens is 3. The highest BCUT2D eigenvalue weighted by atomic mass is 19.4. The Hall–Kier alpha value is -3.35. The summed E-state index contributed by atoms with van der Waals surface area (Å²) < 4.78 is 44.1. The van der Waals surface area contributed by atoms with Crippen molar-refractivity contribution < 1.29 is 22.8 Å². The molecule has 0 aliphatic heterocycles. The Morgan fingerprint density at radius 1 is 0.846 bits per heavy atom. The van der Waals surface area contributed by atoms with Crippen molar-refractivity contribution in [3.63, 3.8) is 0 Å². The molecule has 0 saturated heterocycles. The molecule has 7 heteroatoms. The van der Waals surface area contributed by atoms with Crippen LogP contribution in [0.4, 0.5) is 18.9 Å². The van der Waals surface area contributed by atoms with Gasteiger partial charge in [-0.3, -0.25) is 10.1 Å². The van der Waals surface area contributed by atoms with E-state index in [4.69, 9.17) is 4.74 Å². The first kappa shape index (κ1) is 17.5. The first-order chi connectivity index (χ1) is 12.4. The number of benzene rings is 3. The lowest BCUT2D eigenvalue weighted by molar-refractivity contribution is -0.385. The lowest BCUT2D eigenvalue weighted by atomic mass is 10.0. The molecule has 0 amide bonds. The van der Waals surface area contributed by atoms with Gasteiger partial charge in [-0.1, -0.05) is 48.5 Å². The van der Waals surface area contributed by atoms with Crippen molar-refractivity contribution in [2.24, 2.45) is 0 Å². The first-order valence-corrected chi connectivity index (χ1v) is 7.54. The molecule has 0 heterocycles. The highest BCUT2D eigenvalue weighted by molar-refractivity contribution is 5.71. The third-order valence-corrected chi connectivity index (χ3v) is 3.67. The van der Waals surface area contributed by atoms with Crippen molar-refractivity contribution in [2.75, 3.05) is 0 Å². The van der Waals surface area contributed by atoms with E-state index in [2.05, 4.69) is 0 Å². The Bertz CT molecular complexity index is 940. The maximum atomic E-state index is 12.8. The molecule has 3 aromatic rings. The predicted molar refractivity (Wildman–Crippen MR) is 90.1 cm³/mol. The van der Waals surface area contributed by atoms with Crippen molar-refractivity contribution in [2.45, 2.75) is 6.18 Å². The van der Waals surface area contributed by atoms with Gasteiger partial charge in [-0.25, -0.2) is 0 Å². The first-order valence-electron chi connectivity index (χ1n) is 7.54. The summed E-state index contributed by atoms with van der Waals surface area (Å²) in [4.78, 5) is 10.3. The zero-order valence-electron chi connectivity index (χ0n) is 13.2. The van der Waals surface area contributed by atoms with Crippen molar-refractivity contribution >= 4 is 5.69 Å². The lowest BCUT2D eigenvalue weighted by Gasteiger charge is -2.13. The number of para-hydroxylation sites is 1. The van der Waals surface area contributed by atoms with Gasteiger partial charge in [0.1, 0.15) is 5.75 Å². The maximum absolute atomic E-state index is 12.8. The van der Waals surface area contributed by atoms with E-state index in [0.29, 0.717) is 17.4 Å². The average Bonchev–Trinajstić information content (AvgIpc) is 2.62. The fourth-order valence-electron chi connectivity index (χ4n) is 2.45. The zero-order chi connectivity index (χ0) is 18.7. The minimum absolute atomic E-state index is 0.258. The van der Waals surface area contributed by atoms with Gasteiger partial charge in [0.2, 0.25) is 5.75 Å². The molecule has 0 bridgehead atoms. The number of nitrogens with zero attached hydrogens (tertiary/aromatic N) is 1. The van der Waals surface area contributed by atoms with Crippen molar-refractivity contribution in [3.8, 4) is 22.6 Å². The summed E-state index contributed by atoms with van der Waals surface area (Å²) in [7, 11) is 0. The smallest absolute Gasteiger partial charge is 0.416 e. The topological polar surface area (TPSA) is 52.4 Å². The van der Waals surface area contributed by atoms with Gasteiger partial charge in [0.25, 0.3) is 0 Å². The van der Waals surface area contributed by atoms with Crippen LogP contribution in [0, 0.1) is 10.1 Å². The summed E-state index contributed by atoms with van der Waals surface area (Å²) >= 11 is 0. The van der Waals surface area contributed by atoms with Crippen LogP contribution in [0.25, 0.3) is 11.1 Å². The molecule has 4 nitrogen and oxygen atoms in total. The predicted octanol–water partition coefficient (Wildman–Crippen LogP) is 6.07. The van der Waals surface area contributed by atoms with E-state index in [1.165, 1.54) is 0 Å². The third-order valence-electron chi connectivity index (χ3n) is 3.67. The van der Waals surface area contributed by atoms with E-state index in [1.807, 2.05) is 30.3 Å². The summed E-state index contributed by atoms with van der Waals surface area (Å²) in [6.07, 6.45) is -4.68. The van der Waals surface area contributed by atoms with Gasteiger partial charge in [0.05, 0.1) is 10.5 Å². The van der Waals surface area contributed by atoms with E-state index in [0.717, 1.165) is 17.7 Å². The number of rotatable bonds is 4. The number of hydrogen-bond acceptors (Lipinski definition) is 3. The number of ether oxygens (including phenoxy) is 1. The second-order valence-electron chi connectivity index (χ2n) is 5.40. The van der Waals surface area contributed by atoms with Crippen LogP contribution < -0.4 is 4.74 Å².